The number of aromatic hydroxyl groups is 1. The highest BCUT2D eigenvalue weighted by atomic mass is 79.9. The number of nitrogens with one attached hydrogen (secondary N) is 1. The number of hydrogen-bond donors (Lipinski definition) is 2. The molecule has 0 fully saturated rings. The number of thiazole rings is 1. The van der Waals surface area contributed by atoms with Gasteiger partial charge in [0.2, 0.25) is 0 Å². The molecular weight excluding hydrogens is 470 g/mol. The molecule has 0 radical (unpaired) electrons. The molecule has 1 aromatic heterocycles. The third-order valence-electron chi connectivity index (χ3n) is 3.33. The minimum atomic E-state index is -0.256. The first-order valence-electron chi connectivity index (χ1n) is 7.66. The summed E-state index contributed by atoms with van der Waals surface area (Å²) in [6, 6.07) is 12.4. The second kappa shape index (κ2) is 9.36. The van der Waals surface area contributed by atoms with Crippen LogP contribution in [0, 0.1) is 0 Å². The molecule has 2 N–H and O–H groups in total. The van der Waals surface area contributed by atoms with Crippen molar-refractivity contribution in [3.63, 3.8) is 0 Å². The highest BCUT2D eigenvalue weighted by Crippen LogP contribution is 2.28. The van der Waals surface area contributed by atoms with Gasteiger partial charge in [0.05, 0.1) is 17.7 Å². The number of amides is 1. The fourth-order valence-electron chi connectivity index (χ4n) is 2.04. The van der Waals surface area contributed by atoms with Crippen LogP contribution in [0.25, 0.3) is 11.3 Å². The summed E-state index contributed by atoms with van der Waals surface area (Å²) in [5, 5.41) is 16.2. The summed E-state index contributed by atoms with van der Waals surface area (Å²) >= 11 is 12.0. The van der Waals surface area contributed by atoms with Crippen molar-refractivity contribution in [2.45, 2.75) is 4.34 Å². The van der Waals surface area contributed by atoms with Crippen molar-refractivity contribution in [3.05, 3.63) is 62.9 Å². The van der Waals surface area contributed by atoms with Gasteiger partial charge >= 0.3 is 0 Å². The van der Waals surface area contributed by atoms with Crippen LogP contribution in [0.4, 0.5) is 0 Å². The molecule has 1 amide bonds. The molecule has 0 atom stereocenters. The fraction of sp³-hybridized carbons (Fsp3) is 0.0556. The maximum atomic E-state index is 11.9. The summed E-state index contributed by atoms with van der Waals surface area (Å²) < 4.78 is 1.60. The zero-order valence-electron chi connectivity index (χ0n) is 13.7. The summed E-state index contributed by atoms with van der Waals surface area (Å²) in [6.07, 6.45) is 1.39. The first-order chi connectivity index (χ1) is 13.0. The van der Waals surface area contributed by atoms with Gasteiger partial charge in [-0.25, -0.2) is 10.4 Å². The third-order valence-corrected chi connectivity index (χ3v) is 6.10. The minimum absolute atomic E-state index is 0.0862. The van der Waals surface area contributed by atoms with Gasteiger partial charge in [0.25, 0.3) is 5.91 Å². The van der Waals surface area contributed by atoms with E-state index >= 15 is 0 Å². The molecule has 3 rings (SSSR count). The molecule has 9 heteroatoms. The zero-order valence-corrected chi connectivity index (χ0v) is 17.7. The molecule has 0 saturated carbocycles. The van der Waals surface area contributed by atoms with Gasteiger partial charge in [-0.2, -0.15) is 5.10 Å². The number of thioether (sulfide) groups is 1. The molecule has 0 aliphatic heterocycles. The molecule has 0 aliphatic carbocycles. The van der Waals surface area contributed by atoms with E-state index in [9.17, 15) is 9.90 Å². The number of hydrazone groups is 1. The Hall–Kier alpha value is -1.87. The van der Waals surface area contributed by atoms with Crippen molar-refractivity contribution in [3.8, 4) is 17.0 Å². The van der Waals surface area contributed by atoms with E-state index in [2.05, 4.69) is 31.4 Å². The summed E-state index contributed by atoms with van der Waals surface area (Å²) in [7, 11) is 0. The van der Waals surface area contributed by atoms with Gasteiger partial charge in [-0.05, 0) is 30.3 Å². The van der Waals surface area contributed by atoms with E-state index in [-0.39, 0.29) is 17.4 Å². The largest absolute Gasteiger partial charge is 0.507 e. The van der Waals surface area contributed by atoms with Crippen LogP contribution in [-0.2, 0) is 4.79 Å². The Labute approximate surface area is 177 Å². The van der Waals surface area contributed by atoms with Crippen LogP contribution < -0.4 is 5.43 Å². The van der Waals surface area contributed by atoms with Crippen LogP contribution in [0.5, 0.6) is 5.75 Å². The average molecular weight is 483 g/mol. The van der Waals surface area contributed by atoms with Crippen molar-refractivity contribution >= 4 is 62.8 Å². The molecule has 0 bridgehead atoms. The number of phenolic OH excluding ortho intramolecular Hbond substituents is 1. The number of rotatable bonds is 6. The monoisotopic (exact) mass is 481 g/mol. The molecule has 3 aromatic rings. The number of nitrogens with zero attached hydrogens (tertiary/aromatic N) is 2. The Balaban J connectivity index is 1.51. The average Bonchev–Trinajstić information content (AvgIpc) is 3.12. The van der Waals surface area contributed by atoms with Crippen LogP contribution >= 0.6 is 50.6 Å². The van der Waals surface area contributed by atoms with Crippen LogP contribution in [0.15, 0.2) is 61.8 Å². The van der Waals surface area contributed by atoms with E-state index in [1.807, 2.05) is 29.6 Å². The Morgan fingerprint density at radius 1 is 1.33 bits per heavy atom. The quantitative estimate of drug-likeness (QED) is 0.289. The third kappa shape index (κ3) is 5.80. The fourth-order valence-corrected chi connectivity index (χ4v) is 4.17. The molecule has 0 unspecified atom stereocenters. The number of phenols is 1. The topological polar surface area (TPSA) is 74.6 Å². The van der Waals surface area contributed by atoms with Gasteiger partial charge in [-0.3, -0.25) is 4.79 Å². The molecule has 138 valence electrons. The Kier molecular flexibility index (Phi) is 6.89. The Bertz CT molecular complexity index is 977. The lowest BCUT2D eigenvalue weighted by Crippen LogP contribution is -2.19. The lowest BCUT2D eigenvalue weighted by atomic mass is 10.2. The van der Waals surface area contributed by atoms with Crippen LogP contribution in [-0.4, -0.2) is 28.0 Å². The SMILES string of the molecule is O=C(CSc1nc(-c2ccc(Cl)cc2)cs1)N/N=C/c1cc(Br)ccc1O. The predicted molar refractivity (Wildman–Crippen MR) is 115 cm³/mol. The van der Waals surface area contributed by atoms with Gasteiger partial charge in [0, 0.05) is 26.0 Å². The molecule has 0 spiro atoms. The van der Waals surface area contributed by atoms with Gasteiger partial charge in [0.1, 0.15) is 5.75 Å². The second-order valence-electron chi connectivity index (χ2n) is 5.29. The Morgan fingerprint density at radius 3 is 2.89 bits per heavy atom. The normalized spacial score (nSPS) is 11.0. The highest BCUT2D eigenvalue weighted by molar-refractivity contribution is 9.10. The number of carbonyl (C=O) groups is 1. The number of hydrogen-bond acceptors (Lipinski definition) is 6. The second-order valence-corrected chi connectivity index (χ2v) is 8.72. The van der Waals surface area contributed by atoms with E-state index in [4.69, 9.17) is 11.6 Å². The van der Waals surface area contributed by atoms with Crippen molar-refractivity contribution < 1.29 is 9.90 Å². The van der Waals surface area contributed by atoms with E-state index in [1.54, 1.807) is 18.2 Å². The van der Waals surface area contributed by atoms with Crippen LogP contribution in [0.3, 0.4) is 0 Å². The number of aromatic nitrogens is 1. The predicted octanol–water partition coefficient (Wildman–Crippen LogP) is 5.17. The zero-order chi connectivity index (χ0) is 19.2. The van der Waals surface area contributed by atoms with E-state index < -0.39 is 0 Å². The van der Waals surface area contributed by atoms with Crippen molar-refractivity contribution in [1.29, 1.82) is 0 Å². The van der Waals surface area contributed by atoms with Crippen LogP contribution in [0.2, 0.25) is 5.02 Å². The standard InChI is InChI=1S/C18H13BrClN3O2S2/c19-13-3-6-16(24)12(7-13)8-21-23-17(25)10-27-18-22-15(9-26-18)11-1-4-14(20)5-2-11/h1-9,24H,10H2,(H,23,25)/b21-8+. The molecule has 5 nitrogen and oxygen atoms in total. The smallest absolute Gasteiger partial charge is 0.250 e. The van der Waals surface area contributed by atoms with Crippen LogP contribution in [0.1, 0.15) is 5.56 Å². The molecule has 1 heterocycles. The lowest BCUT2D eigenvalue weighted by Gasteiger charge is -2.00. The summed E-state index contributed by atoms with van der Waals surface area (Å²) in [6.45, 7) is 0. The molecular formula is C18H13BrClN3O2S2. The first-order valence-corrected chi connectivity index (χ1v) is 10.7. The maximum absolute atomic E-state index is 11.9. The minimum Gasteiger partial charge on any atom is -0.507 e. The summed E-state index contributed by atoms with van der Waals surface area (Å²) in [5.74, 6) is 0.0205. The summed E-state index contributed by atoms with van der Waals surface area (Å²) in [5.41, 5.74) is 4.77. The van der Waals surface area contributed by atoms with Gasteiger partial charge in [-0.15, -0.1) is 11.3 Å². The van der Waals surface area contributed by atoms with Gasteiger partial charge < -0.3 is 5.11 Å². The maximum Gasteiger partial charge on any atom is 0.250 e. The number of halogens is 2. The highest BCUT2D eigenvalue weighted by Gasteiger charge is 2.08. The first kappa shape index (κ1) is 19.9. The molecule has 0 aliphatic rings. The van der Waals surface area contributed by atoms with Crippen molar-refractivity contribution in [2.75, 3.05) is 5.75 Å². The van der Waals surface area contributed by atoms with Gasteiger partial charge in [0.15, 0.2) is 4.34 Å². The number of benzene rings is 2. The van der Waals surface area contributed by atoms with E-state index in [0.717, 1.165) is 20.1 Å². The Morgan fingerprint density at radius 2 is 2.11 bits per heavy atom. The van der Waals surface area contributed by atoms with Crippen molar-refractivity contribution in [2.24, 2.45) is 5.10 Å². The number of carbonyl (C=O) groups excluding carboxylic acids is 1. The molecule has 27 heavy (non-hydrogen) atoms. The van der Waals surface area contributed by atoms with Gasteiger partial charge in [-0.1, -0.05) is 51.4 Å². The van der Waals surface area contributed by atoms with E-state index in [0.29, 0.717) is 10.6 Å². The molecule has 2 aromatic carbocycles. The summed E-state index contributed by atoms with van der Waals surface area (Å²) in [4.78, 5) is 16.4. The van der Waals surface area contributed by atoms with Crippen molar-refractivity contribution in [1.82, 2.24) is 10.4 Å². The lowest BCUT2D eigenvalue weighted by molar-refractivity contribution is -0.118. The van der Waals surface area contributed by atoms with E-state index in [1.165, 1.54) is 29.3 Å². The molecule has 0 saturated heterocycles.